The Morgan fingerprint density at radius 1 is 1.31 bits per heavy atom. The Labute approximate surface area is 99.1 Å². The quantitative estimate of drug-likeness (QED) is 0.689. The molecule has 0 fully saturated rings. The third kappa shape index (κ3) is 4.35. The molecule has 16 heavy (non-hydrogen) atoms. The van der Waals surface area contributed by atoms with Crippen molar-refractivity contribution in [1.82, 2.24) is 9.55 Å². The van der Waals surface area contributed by atoms with Gasteiger partial charge in [0, 0.05) is 31.4 Å². The molecular formula is C13H25N3. The molecule has 0 spiro atoms. The highest BCUT2D eigenvalue weighted by Gasteiger charge is 2.06. The number of aromatic nitrogens is 2. The van der Waals surface area contributed by atoms with Crippen LogP contribution in [0.4, 0.5) is 0 Å². The Morgan fingerprint density at radius 2 is 2.12 bits per heavy atom. The van der Waals surface area contributed by atoms with Crippen molar-refractivity contribution < 1.29 is 0 Å². The second kappa shape index (κ2) is 7.44. The van der Waals surface area contributed by atoms with Crippen molar-refractivity contribution in [2.24, 2.45) is 5.73 Å². The molecule has 3 heteroatoms. The molecule has 0 saturated carbocycles. The maximum absolute atomic E-state index is 5.96. The fourth-order valence-electron chi connectivity index (χ4n) is 1.82. The van der Waals surface area contributed by atoms with Crippen LogP contribution in [0.2, 0.25) is 0 Å². The molecule has 2 N–H and O–H groups in total. The number of hydrogen-bond acceptors (Lipinski definition) is 2. The molecule has 0 aliphatic carbocycles. The number of hydrogen-bond donors (Lipinski definition) is 1. The lowest BCUT2D eigenvalue weighted by atomic mass is 10.1. The lowest BCUT2D eigenvalue weighted by Gasteiger charge is -2.11. The van der Waals surface area contributed by atoms with E-state index in [1.807, 2.05) is 6.20 Å². The molecule has 0 aliphatic rings. The van der Waals surface area contributed by atoms with E-state index in [4.69, 9.17) is 5.73 Å². The van der Waals surface area contributed by atoms with E-state index in [2.05, 4.69) is 29.6 Å². The molecule has 1 rings (SSSR count). The molecule has 0 amide bonds. The molecule has 3 nitrogen and oxygen atoms in total. The number of rotatable bonds is 8. The van der Waals surface area contributed by atoms with Crippen LogP contribution in [0.15, 0.2) is 12.4 Å². The van der Waals surface area contributed by atoms with Crippen molar-refractivity contribution >= 4 is 0 Å². The molecule has 0 radical (unpaired) electrons. The lowest BCUT2D eigenvalue weighted by Crippen LogP contribution is -2.23. The monoisotopic (exact) mass is 223 g/mol. The standard InChI is InChI=1S/C13H25N3/c1-3-5-6-7-9-16-10-8-15-13(16)11-12(14)4-2/h8,10,12H,3-7,9,11,14H2,1-2H3. The molecule has 1 atom stereocenters. The highest BCUT2D eigenvalue weighted by molar-refractivity contribution is 4.94. The van der Waals surface area contributed by atoms with Crippen LogP contribution < -0.4 is 5.73 Å². The molecule has 0 aromatic carbocycles. The lowest BCUT2D eigenvalue weighted by molar-refractivity contribution is 0.541. The number of unbranched alkanes of at least 4 members (excludes halogenated alkanes) is 3. The first-order chi connectivity index (χ1) is 7.77. The first kappa shape index (κ1) is 13.2. The average Bonchev–Trinajstić information content (AvgIpc) is 2.72. The minimum absolute atomic E-state index is 0.247. The van der Waals surface area contributed by atoms with Gasteiger partial charge < -0.3 is 10.3 Å². The Kier molecular flexibility index (Phi) is 6.16. The van der Waals surface area contributed by atoms with Crippen LogP contribution in [0, 0.1) is 0 Å². The summed E-state index contributed by atoms with van der Waals surface area (Å²) in [4.78, 5) is 4.39. The second-order valence-electron chi connectivity index (χ2n) is 4.47. The van der Waals surface area contributed by atoms with E-state index in [-0.39, 0.29) is 6.04 Å². The van der Waals surface area contributed by atoms with Gasteiger partial charge in [-0.15, -0.1) is 0 Å². The van der Waals surface area contributed by atoms with E-state index in [1.54, 1.807) is 0 Å². The largest absolute Gasteiger partial charge is 0.335 e. The van der Waals surface area contributed by atoms with Gasteiger partial charge in [-0.3, -0.25) is 0 Å². The van der Waals surface area contributed by atoms with Crippen LogP contribution in [0.25, 0.3) is 0 Å². The Bertz CT molecular complexity index is 280. The van der Waals surface area contributed by atoms with Crippen molar-refractivity contribution in [3.05, 3.63) is 18.2 Å². The van der Waals surface area contributed by atoms with Crippen molar-refractivity contribution in [3.8, 4) is 0 Å². The van der Waals surface area contributed by atoms with Crippen molar-refractivity contribution in [2.45, 2.75) is 65.0 Å². The van der Waals surface area contributed by atoms with Gasteiger partial charge >= 0.3 is 0 Å². The number of nitrogens with zero attached hydrogens (tertiary/aromatic N) is 2. The Morgan fingerprint density at radius 3 is 2.81 bits per heavy atom. The normalized spacial score (nSPS) is 12.9. The van der Waals surface area contributed by atoms with E-state index in [1.165, 1.54) is 25.7 Å². The molecule has 0 bridgehead atoms. The SMILES string of the molecule is CCCCCCn1ccnc1CC(N)CC. The van der Waals surface area contributed by atoms with Crippen LogP contribution in [0.5, 0.6) is 0 Å². The summed E-state index contributed by atoms with van der Waals surface area (Å²) in [6.45, 7) is 5.45. The average molecular weight is 223 g/mol. The molecule has 92 valence electrons. The number of imidazole rings is 1. The summed E-state index contributed by atoms with van der Waals surface area (Å²) in [5.74, 6) is 1.14. The van der Waals surface area contributed by atoms with Crippen LogP contribution in [0.3, 0.4) is 0 Å². The summed E-state index contributed by atoms with van der Waals surface area (Å²) < 4.78 is 2.26. The van der Waals surface area contributed by atoms with Gasteiger partial charge in [-0.1, -0.05) is 33.1 Å². The van der Waals surface area contributed by atoms with Gasteiger partial charge in [-0.2, -0.15) is 0 Å². The summed E-state index contributed by atoms with van der Waals surface area (Å²) in [5, 5.41) is 0. The van der Waals surface area contributed by atoms with E-state index in [0.29, 0.717) is 0 Å². The summed E-state index contributed by atoms with van der Waals surface area (Å²) in [6, 6.07) is 0.247. The molecular weight excluding hydrogens is 198 g/mol. The zero-order chi connectivity index (χ0) is 11.8. The van der Waals surface area contributed by atoms with Gasteiger partial charge in [0.1, 0.15) is 5.82 Å². The maximum Gasteiger partial charge on any atom is 0.110 e. The van der Waals surface area contributed by atoms with E-state index in [0.717, 1.165) is 25.2 Å². The third-order valence-corrected chi connectivity index (χ3v) is 3.02. The first-order valence-corrected chi connectivity index (χ1v) is 6.53. The van der Waals surface area contributed by atoms with Crippen LogP contribution in [-0.2, 0) is 13.0 Å². The minimum Gasteiger partial charge on any atom is -0.335 e. The predicted molar refractivity (Wildman–Crippen MR) is 68.3 cm³/mol. The fourth-order valence-corrected chi connectivity index (χ4v) is 1.82. The highest BCUT2D eigenvalue weighted by atomic mass is 15.1. The zero-order valence-electron chi connectivity index (χ0n) is 10.7. The fraction of sp³-hybridized carbons (Fsp3) is 0.769. The molecule has 1 unspecified atom stereocenters. The van der Waals surface area contributed by atoms with Crippen molar-refractivity contribution in [1.29, 1.82) is 0 Å². The van der Waals surface area contributed by atoms with Gasteiger partial charge in [0.15, 0.2) is 0 Å². The predicted octanol–water partition coefficient (Wildman–Crippen LogP) is 2.74. The maximum atomic E-state index is 5.96. The molecule has 1 heterocycles. The third-order valence-electron chi connectivity index (χ3n) is 3.02. The number of aryl methyl sites for hydroxylation is 1. The topological polar surface area (TPSA) is 43.8 Å². The van der Waals surface area contributed by atoms with Gasteiger partial charge in [-0.05, 0) is 12.8 Å². The van der Waals surface area contributed by atoms with E-state index < -0.39 is 0 Å². The summed E-state index contributed by atoms with van der Waals surface area (Å²) in [6.07, 6.45) is 11.1. The van der Waals surface area contributed by atoms with Gasteiger partial charge in [0.25, 0.3) is 0 Å². The van der Waals surface area contributed by atoms with Gasteiger partial charge in [0.2, 0.25) is 0 Å². The van der Waals surface area contributed by atoms with Crippen LogP contribution >= 0.6 is 0 Å². The Balaban J connectivity index is 2.38. The van der Waals surface area contributed by atoms with Crippen molar-refractivity contribution in [2.75, 3.05) is 0 Å². The molecule has 1 aromatic heterocycles. The van der Waals surface area contributed by atoms with Crippen LogP contribution in [-0.4, -0.2) is 15.6 Å². The van der Waals surface area contributed by atoms with Gasteiger partial charge in [0.05, 0.1) is 0 Å². The zero-order valence-corrected chi connectivity index (χ0v) is 10.7. The molecule has 0 saturated heterocycles. The minimum atomic E-state index is 0.247. The Hall–Kier alpha value is -0.830. The van der Waals surface area contributed by atoms with E-state index >= 15 is 0 Å². The van der Waals surface area contributed by atoms with Crippen molar-refractivity contribution in [3.63, 3.8) is 0 Å². The summed E-state index contributed by atoms with van der Waals surface area (Å²) in [7, 11) is 0. The highest BCUT2D eigenvalue weighted by Crippen LogP contribution is 2.07. The van der Waals surface area contributed by atoms with E-state index in [9.17, 15) is 0 Å². The summed E-state index contributed by atoms with van der Waals surface area (Å²) >= 11 is 0. The smallest absolute Gasteiger partial charge is 0.110 e. The molecule has 0 aliphatic heterocycles. The second-order valence-corrected chi connectivity index (χ2v) is 4.47. The number of nitrogens with two attached hydrogens (primary N) is 1. The van der Waals surface area contributed by atoms with Gasteiger partial charge in [-0.25, -0.2) is 4.98 Å². The first-order valence-electron chi connectivity index (χ1n) is 6.53. The summed E-state index contributed by atoms with van der Waals surface area (Å²) in [5.41, 5.74) is 5.96. The molecule has 1 aromatic rings. The van der Waals surface area contributed by atoms with Crippen LogP contribution in [0.1, 0.15) is 51.8 Å².